The molecule has 2 amide bonds. The molecule has 1 aromatic heterocycles. The molecule has 1 aliphatic heterocycles. The highest BCUT2D eigenvalue weighted by Crippen LogP contribution is 2.22. The van der Waals surface area contributed by atoms with Crippen LogP contribution >= 0.6 is 11.6 Å². The highest BCUT2D eigenvalue weighted by molar-refractivity contribution is 6.30. The van der Waals surface area contributed by atoms with Crippen molar-refractivity contribution in [2.24, 2.45) is 5.92 Å². The van der Waals surface area contributed by atoms with Crippen molar-refractivity contribution in [1.82, 2.24) is 20.0 Å². The van der Waals surface area contributed by atoms with Gasteiger partial charge < -0.3 is 14.5 Å². The summed E-state index contributed by atoms with van der Waals surface area (Å²) in [4.78, 5) is 28.7. The van der Waals surface area contributed by atoms with Crippen LogP contribution in [-0.4, -0.2) is 52.5 Å². The van der Waals surface area contributed by atoms with E-state index < -0.39 is 0 Å². The second-order valence-electron chi connectivity index (χ2n) is 7.15. The van der Waals surface area contributed by atoms with E-state index in [1.54, 1.807) is 24.0 Å². The zero-order valence-electron chi connectivity index (χ0n) is 16.2. The van der Waals surface area contributed by atoms with Crippen LogP contribution in [0.4, 0.5) is 0 Å². The van der Waals surface area contributed by atoms with Crippen LogP contribution in [0.25, 0.3) is 0 Å². The van der Waals surface area contributed by atoms with E-state index in [0.29, 0.717) is 44.1 Å². The van der Waals surface area contributed by atoms with E-state index in [-0.39, 0.29) is 17.7 Å². The van der Waals surface area contributed by atoms with Crippen molar-refractivity contribution in [1.29, 1.82) is 0 Å². The molecular formula is C20H25ClN4O3. The Bertz CT molecular complexity index is 821. The Balaban J connectivity index is 1.59. The van der Waals surface area contributed by atoms with Crippen molar-refractivity contribution in [3.8, 4) is 0 Å². The van der Waals surface area contributed by atoms with Gasteiger partial charge in [0, 0.05) is 38.7 Å². The van der Waals surface area contributed by atoms with Gasteiger partial charge in [-0.15, -0.1) is 0 Å². The van der Waals surface area contributed by atoms with E-state index in [1.807, 2.05) is 30.3 Å². The van der Waals surface area contributed by atoms with Crippen LogP contribution < -0.4 is 0 Å². The van der Waals surface area contributed by atoms with Gasteiger partial charge in [0.1, 0.15) is 0 Å². The lowest BCUT2D eigenvalue weighted by atomic mass is 9.95. The first-order valence-electron chi connectivity index (χ1n) is 9.25. The molecule has 1 atom stereocenters. The number of nitrogens with zero attached hydrogens (tertiary/aromatic N) is 3. The van der Waals surface area contributed by atoms with Gasteiger partial charge in [-0.05, 0) is 30.2 Å². The number of methoxy groups -OCH3 is 1. The molecule has 150 valence electrons. The summed E-state index contributed by atoms with van der Waals surface area (Å²) in [5, 5.41) is 7.75. The number of H-pyrrole nitrogens is 1. The van der Waals surface area contributed by atoms with Crippen molar-refractivity contribution in [2.45, 2.75) is 32.5 Å². The molecule has 0 spiro atoms. The number of carbonyl (C=O) groups is 2. The minimum atomic E-state index is -0.198. The van der Waals surface area contributed by atoms with E-state index in [4.69, 9.17) is 16.3 Å². The van der Waals surface area contributed by atoms with Gasteiger partial charge in [-0.25, -0.2) is 0 Å². The number of rotatable bonds is 7. The summed E-state index contributed by atoms with van der Waals surface area (Å²) in [6, 6.07) is 9.32. The molecule has 0 radical (unpaired) electrons. The first-order chi connectivity index (χ1) is 13.5. The molecule has 1 fully saturated rings. The average Bonchev–Trinajstić information content (AvgIpc) is 3.12. The minimum absolute atomic E-state index is 0.0384. The third-order valence-corrected chi connectivity index (χ3v) is 5.15. The fourth-order valence-electron chi connectivity index (χ4n) is 3.44. The van der Waals surface area contributed by atoms with Gasteiger partial charge in [0.25, 0.3) is 0 Å². The number of amides is 2. The van der Waals surface area contributed by atoms with Crippen molar-refractivity contribution < 1.29 is 14.3 Å². The Kier molecular flexibility index (Phi) is 6.70. The summed E-state index contributed by atoms with van der Waals surface area (Å²) < 4.78 is 5.06. The first-order valence-corrected chi connectivity index (χ1v) is 9.63. The van der Waals surface area contributed by atoms with Crippen molar-refractivity contribution in [3.05, 3.63) is 52.3 Å². The van der Waals surface area contributed by atoms with Gasteiger partial charge in [-0.2, -0.15) is 5.10 Å². The number of carbonyl (C=O) groups excluding carboxylic acids is 2. The Morgan fingerprint density at radius 2 is 2.14 bits per heavy atom. The normalized spacial score (nSPS) is 17.0. The molecule has 7 nitrogen and oxygen atoms in total. The van der Waals surface area contributed by atoms with Gasteiger partial charge in [-0.1, -0.05) is 23.7 Å². The summed E-state index contributed by atoms with van der Waals surface area (Å²) in [6.45, 7) is 1.79. The van der Waals surface area contributed by atoms with Gasteiger partial charge in [0.05, 0.1) is 30.5 Å². The zero-order valence-corrected chi connectivity index (χ0v) is 16.9. The number of hydrogen-bond donors (Lipinski definition) is 1. The number of likely N-dealkylation sites (tertiary alicyclic amines) is 1. The third kappa shape index (κ3) is 5.11. The largest absolute Gasteiger partial charge is 0.378 e. The number of aromatic nitrogens is 2. The van der Waals surface area contributed by atoms with Gasteiger partial charge >= 0.3 is 0 Å². The maximum absolute atomic E-state index is 12.9. The molecule has 1 N–H and O–H groups in total. The predicted molar refractivity (Wildman–Crippen MR) is 105 cm³/mol. The van der Waals surface area contributed by atoms with Crippen LogP contribution in [0.15, 0.2) is 30.3 Å². The molecule has 0 bridgehead atoms. The summed E-state index contributed by atoms with van der Waals surface area (Å²) >= 11 is 5.92. The molecule has 2 heterocycles. The van der Waals surface area contributed by atoms with Crippen LogP contribution in [0.5, 0.6) is 0 Å². The quantitative estimate of drug-likeness (QED) is 0.769. The zero-order chi connectivity index (χ0) is 20.1. The molecule has 3 rings (SSSR count). The SMILES string of the molecule is COCc1cc(CN(C)C(=O)[C@H]2CCC(=O)N(Cc3ccc(Cl)cc3)C2)[nH]n1. The van der Waals surface area contributed by atoms with Crippen molar-refractivity contribution in [2.75, 3.05) is 20.7 Å². The lowest BCUT2D eigenvalue weighted by Gasteiger charge is -2.34. The maximum atomic E-state index is 12.9. The van der Waals surface area contributed by atoms with Crippen LogP contribution in [0.3, 0.4) is 0 Å². The molecule has 0 saturated carbocycles. The monoisotopic (exact) mass is 404 g/mol. The number of nitrogens with one attached hydrogen (secondary N) is 1. The van der Waals surface area contributed by atoms with Gasteiger partial charge in [0.15, 0.2) is 0 Å². The molecule has 28 heavy (non-hydrogen) atoms. The third-order valence-electron chi connectivity index (χ3n) is 4.90. The smallest absolute Gasteiger partial charge is 0.227 e. The molecular weight excluding hydrogens is 380 g/mol. The fourth-order valence-corrected chi connectivity index (χ4v) is 3.56. The highest BCUT2D eigenvalue weighted by Gasteiger charge is 2.32. The molecule has 1 aromatic carbocycles. The number of aromatic amines is 1. The standard InChI is InChI=1S/C20H25ClN4O3/c1-24(12-17-9-18(13-28-2)23-22-17)20(27)15-5-8-19(26)25(11-15)10-14-3-6-16(21)7-4-14/h3-4,6-7,9,15H,5,8,10-13H2,1-2H3,(H,22,23)/t15-/m0/s1. The van der Waals surface area contributed by atoms with Crippen LogP contribution in [0.1, 0.15) is 29.8 Å². The summed E-state index contributed by atoms with van der Waals surface area (Å²) in [7, 11) is 3.39. The lowest BCUT2D eigenvalue weighted by Crippen LogP contribution is -2.45. The fraction of sp³-hybridized carbons (Fsp3) is 0.450. The maximum Gasteiger partial charge on any atom is 0.227 e. The first kappa shape index (κ1) is 20.4. The van der Waals surface area contributed by atoms with E-state index in [2.05, 4.69) is 10.2 Å². The Hall–Kier alpha value is -2.38. The number of benzene rings is 1. The Morgan fingerprint density at radius 1 is 1.39 bits per heavy atom. The topological polar surface area (TPSA) is 78.5 Å². The van der Waals surface area contributed by atoms with E-state index in [0.717, 1.165) is 17.0 Å². The van der Waals surface area contributed by atoms with E-state index in [1.165, 1.54) is 0 Å². The van der Waals surface area contributed by atoms with Crippen LogP contribution in [-0.2, 0) is 34.0 Å². The van der Waals surface area contributed by atoms with E-state index in [9.17, 15) is 9.59 Å². The number of hydrogen-bond acceptors (Lipinski definition) is 4. The van der Waals surface area contributed by atoms with Gasteiger partial charge in [0.2, 0.25) is 11.8 Å². The Morgan fingerprint density at radius 3 is 2.86 bits per heavy atom. The minimum Gasteiger partial charge on any atom is -0.378 e. The van der Waals surface area contributed by atoms with Gasteiger partial charge in [-0.3, -0.25) is 14.7 Å². The average molecular weight is 405 g/mol. The molecule has 8 heteroatoms. The second-order valence-corrected chi connectivity index (χ2v) is 7.58. The van der Waals surface area contributed by atoms with Crippen molar-refractivity contribution in [3.63, 3.8) is 0 Å². The molecule has 0 unspecified atom stereocenters. The molecule has 1 aliphatic rings. The number of halogens is 1. The number of piperidine rings is 1. The summed E-state index contributed by atoms with van der Waals surface area (Å²) in [5.74, 6) is -0.0766. The molecule has 2 aromatic rings. The lowest BCUT2D eigenvalue weighted by molar-refractivity contribution is -0.143. The summed E-state index contributed by atoms with van der Waals surface area (Å²) in [5.41, 5.74) is 2.66. The summed E-state index contributed by atoms with van der Waals surface area (Å²) in [6.07, 6.45) is 0.969. The molecule has 1 saturated heterocycles. The van der Waals surface area contributed by atoms with Crippen LogP contribution in [0.2, 0.25) is 5.02 Å². The van der Waals surface area contributed by atoms with Crippen molar-refractivity contribution >= 4 is 23.4 Å². The highest BCUT2D eigenvalue weighted by atomic mass is 35.5. The number of ether oxygens (including phenoxy) is 1. The second kappa shape index (κ2) is 9.21. The predicted octanol–water partition coefficient (Wildman–Crippen LogP) is 2.61. The Labute approximate surface area is 169 Å². The van der Waals surface area contributed by atoms with E-state index >= 15 is 0 Å². The van der Waals surface area contributed by atoms with Crippen LogP contribution in [0, 0.1) is 5.92 Å². The molecule has 0 aliphatic carbocycles.